The van der Waals surface area contributed by atoms with E-state index in [9.17, 15) is 4.79 Å². The van der Waals surface area contributed by atoms with Crippen molar-refractivity contribution in [2.75, 3.05) is 7.05 Å². The van der Waals surface area contributed by atoms with E-state index >= 15 is 0 Å². The molecule has 21 heavy (non-hydrogen) atoms. The first-order valence-corrected chi connectivity index (χ1v) is 6.98. The zero-order valence-corrected chi connectivity index (χ0v) is 13.1. The van der Waals surface area contributed by atoms with Crippen LogP contribution in [0.1, 0.15) is 54.6 Å². The molecule has 2 rings (SSSR count). The molecule has 0 spiro atoms. The van der Waals surface area contributed by atoms with Crippen molar-refractivity contribution in [2.45, 2.75) is 32.7 Å². The number of rotatable bonds is 4. The van der Waals surface area contributed by atoms with E-state index in [4.69, 9.17) is 0 Å². The summed E-state index contributed by atoms with van der Waals surface area (Å²) in [5, 5.41) is 4.39. The minimum absolute atomic E-state index is 0.0667. The van der Waals surface area contributed by atoms with Crippen LogP contribution in [0.3, 0.4) is 0 Å². The number of hydrogen-bond donors (Lipinski definition) is 0. The van der Waals surface area contributed by atoms with Crippen molar-refractivity contribution in [1.82, 2.24) is 24.6 Å². The van der Waals surface area contributed by atoms with Gasteiger partial charge in [0.2, 0.25) is 0 Å². The second kappa shape index (κ2) is 6.03. The van der Waals surface area contributed by atoms with Gasteiger partial charge >= 0.3 is 0 Å². The van der Waals surface area contributed by atoms with E-state index in [2.05, 4.69) is 28.9 Å². The van der Waals surface area contributed by atoms with Crippen LogP contribution in [0.5, 0.6) is 0 Å². The summed E-state index contributed by atoms with van der Waals surface area (Å²) >= 11 is 0. The first-order valence-electron chi connectivity index (χ1n) is 6.98. The predicted molar refractivity (Wildman–Crippen MR) is 79.8 cm³/mol. The van der Waals surface area contributed by atoms with Crippen LogP contribution in [0.2, 0.25) is 0 Å². The average Bonchev–Trinajstić information content (AvgIpc) is 2.88. The van der Waals surface area contributed by atoms with E-state index in [0.717, 1.165) is 11.4 Å². The summed E-state index contributed by atoms with van der Waals surface area (Å²) in [5.74, 6) is 0.227. The van der Waals surface area contributed by atoms with Crippen molar-refractivity contribution in [1.29, 1.82) is 0 Å². The highest BCUT2D eigenvalue weighted by atomic mass is 16.2. The molecule has 0 radical (unpaired) electrons. The van der Waals surface area contributed by atoms with Crippen molar-refractivity contribution in [3.63, 3.8) is 0 Å². The Bertz CT molecular complexity index is 620. The summed E-state index contributed by atoms with van der Waals surface area (Å²) in [6.45, 7) is 6.06. The van der Waals surface area contributed by atoms with Gasteiger partial charge in [-0.05, 0) is 25.0 Å². The fourth-order valence-electron chi connectivity index (χ4n) is 2.07. The number of hydrogen-bond acceptors (Lipinski definition) is 4. The zero-order chi connectivity index (χ0) is 15.6. The topological polar surface area (TPSA) is 63.9 Å². The second-order valence-electron chi connectivity index (χ2n) is 5.46. The van der Waals surface area contributed by atoms with Crippen LogP contribution in [-0.2, 0) is 7.05 Å². The lowest BCUT2D eigenvalue weighted by molar-refractivity contribution is 0.0728. The Kier molecular flexibility index (Phi) is 4.35. The smallest absolute Gasteiger partial charge is 0.272 e. The maximum absolute atomic E-state index is 12.6. The first kappa shape index (κ1) is 15.2. The van der Waals surface area contributed by atoms with E-state index in [0.29, 0.717) is 11.6 Å². The van der Waals surface area contributed by atoms with Crippen LogP contribution in [0.25, 0.3) is 0 Å². The molecule has 1 atom stereocenters. The molecule has 0 aliphatic heterocycles. The molecular formula is C15H21N5O. The Morgan fingerprint density at radius 2 is 2.00 bits per heavy atom. The molecule has 0 aliphatic carbocycles. The third-order valence-corrected chi connectivity index (χ3v) is 3.64. The van der Waals surface area contributed by atoms with Crippen molar-refractivity contribution in [3.8, 4) is 0 Å². The fourth-order valence-corrected chi connectivity index (χ4v) is 2.07. The van der Waals surface area contributed by atoms with Gasteiger partial charge in [-0.3, -0.25) is 9.48 Å². The maximum atomic E-state index is 12.6. The van der Waals surface area contributed by atoms with Crippen LogP contribution in [0.15, 0.2) is 24.7 Å². The van der Waals surface area contributed by atoms with Crippen molar-refractivity contribution >= 4 is 5.91 Å². The fraction of sp³-hybridized carbons (Fsp3) is 0.467. The Morgan fingerprint density at radius 1 is 1.29 bits per heavy atom. The highest BCUT2D eigenvalue weighted by Gasteiger charge is 2.23. The quantitative estimate of drug-likeness (QED) is 0.864. The maximum Gasteiger partial charge on any atom is 0.272 e. The third-order valence-electron chi connectivity index (χ3n) is 3.64. The minimum Gasteiger partial charge on any atom is -0.332 e. The molecular weight excluding hydrogens is 266 g/mol. The molecule has 0 bridgehead atoms. The summed E-state index contributed by atoms with van der Waals surface area (Å²) in [6.07, 6.45) is 3.17. The predicted octanol–water partition coefficient (Wildman–Crippen LogP) is 2.17. The molecule has 112 valence electrons. The molecule has 0 N–H and O–H groups in total. The van der Waals surface area contributed by atoms with Gasteiger partial charge in [0.1, 0.15) is 12.0 Å². The lowest BCUT2D eigenvalue weighted by Gasteiger charge is -2.24. The second-order valence-corrected chi connectivity index (χ2v) is 5.46. The number of amides is 1. The normalized spacial score (nSPS) is 12.5. The SMILES string of the molecule is CC(C)c1cc(C(=O)N(C)[C@@H](C)c2ccncn2)n(C)n1. The largest absolute Gasteiger partial charge is 0.332 e. The molecule has 0 saturated carbocycles. The summed E-state index contributed by atoms with van der Waals surface area (Å²) < 4.78 is 1.64. The Labute approximate surface area is 124 Å². The van der Waals surface area contributed by atoms with Gasteiger partial charge in [-0.1, -0.05) is 13.8 Å². The summed E-state index contributed by atoms with van der Waals surface area (Å²) in [6, 6.07) is 3.55. The van der Waals surface area contributed by atoms with E-state index in [1.807, 2.05) is 19.1 Å². The standard InChI is InChI=1S/C15H21N5O/c1-10(2)13-8-14(20(5)18-13)15(21)19(4)11(3)12-6-7-16-9-17-12/h6-11H,1-5H3/t11-/m0/s1. The summed E-state index contributed by atoms with van der Waals surface area (Å²) in [7, 11) is 3.57. The van der Waals surface area contributed by atoms with Gasteiger partial charge in [0.05, 0.1) is 17.4 Å². The number of nitrogens with zero attached hydrogens (tertiary/aromatic N) is 5. The van der Waals surface area contributed by atoms with Gasteiger partial charge in [-0.25, -0.2) is 9.97 Å². The van der Waals surface area contributed by atoms with E-state index in [-0.39, 0.29) is 11.9 Å². The van der Waals surface area contributed by atoms with Gasteiger partial charge < -0.3 is 4.90 Å². The van der Waals surface area contributed by atoms with E-state index in [1.54, 1.807) is 29.9 Å². The molecule has 2 heterocycles. The number of carbonyl (C=O) groups is 1. The Hall–Kier alpha value is -2.24. The summed E-state index contributed by atoms with van der Waals surface area (Å²) in [5.41, 5.74) is 2.32. The molecule has 0 aromatic carbocycles. The molecule has 0 fully saturated rings. The Balaban J connectivity index is 2.23. The van der Waals surface area contributed by atoms with E-state index in [1.165, 1.54) is 6.33 Å². The molecule has 2 aromatic rings. The van der Waals surface area contributed by atoms with Crippen molar-refractivity contribution < 1.29 is 4.79 Å². The molecule has 0 saturated heterocycles. The van der Waals surface area contributed by atoms with Crippen LogP contribution in [-0.4, -0.2) is 37.6 Å². The van der Waals surface area contributed by atoms with Gasteiger partial charge in [0.15, 0.2) is 0 Å². The van der Waals surface area contributed by atoms with Crippen LogP contribution in [0.4, 0.5) is 0 Å². The highest BCUT2D eigenvalue weighted by Crippen LogP contribution is 2.20. The van der Waals surface area contributed by atoms with Crippen LogP contribution >= 0.6 is 0 Å². The average molecular weight is 287 g/mol. The van der Waals surface area contributed by atoms with Crippen molar-refractivity contribution in [2.24, 2.45) is 7.05 Å². The lowest BCUT2D eigenvalue weighted by atomic mass is 10.1. The molecule has 1 amide bonds. The van der Waals surface area contributed by atoms with E-state index < -0.39 is 0 Å². The third kappa shape index (κ3) is 3.09. The number of carbonyl (C=O) groups excluding carboxylic acids is 1. The minimum atomic E-state index is -0.127. The number of aryl methyl sites for hydroxylation is 1. The first-order chi connectivity index (χ1) is 9.91. The molecule has 6 heteroatoms. The van der Waals surface area contributed by atoms with Gasteiger partial charge in [-0.15, -0.1) is 0 Å². The van der Waals surface area contributed by atoms with Gasteiger partial charge in [0, 0.05) is 20.3 Å². The van der Waals surface area contributed by atoms with Crippen LogP contribution in [0, 0.1) is 0 Å². The van der Waals surface area contributed by atoms with Crippen molar-refractivity contribution in [3.05, 3.63) is 41.7 Å². The zero-order valence-electron chi connectivity index (χ0n) is 13.1. The highest BCUT2D eigenvalue weighted by molar-refractivity contribution is 5.92. The summed E-state index contributed by atoms with van der Waals surface area (Å²) in [4.78, 5) is 22.4. The molecule has 6 nitrogen and oxygen atoms in total. The Morgan fingerprint density at radius 3 is 2.52 bits per heavy atom. The van der Waals surface area contributed by atoms with Gasteiger partial charge in [0.25, 0.3) is 5.91 Å². The lowest BCUT2D eigenvalue weighted by Crippen LogP contribution is -2.31. The molecule has 2 aromatic heterocycles. The van der Waals surface area contributed by atoms with Crippen LogP contribution < -0.4 is 0 Å². The number of aromatic nitrogens is 4. The molecule has 0 unspecified atom stereocenters. The van der Waals surface area contributed by atoms with Gasteiger partial charge in [-0.2, -0.15) is 5.10 Å². The molecule has 0 aliphatic rings. The monoisotopic (exact) mass is 287 g/mol.